The second-order valence-corrected chi connectivity index (χ2v) is 4.79. The fourth-order valence-electron chi connectivity index (χ4n) is 1.68. The van der Waals surface area contributed by atoms with Crippen molar-refractivity contribution < 1.29 is 15.0 Å². The molecule has 1 amide bonds. The van der Waals surface area contributed by atoms with Gasteiger partial charge in [-0.1, -0.05) is 23.7 Å². The van der Waals surface area contributed by atoms with E-state index in [1.807, 2.05) is 0 Å². The minimum absolute atomic E-state index is 0.0370. The van der Waals surface area contributed by atoms with Gasteiger partial charge in [-0.2, -0.15) is 5.10 Å². The van der Waals surface area contributed by atoms with E-state index in [2.05, 4.69) is 10.5 Å². The lowest BCUT2D eigenvalue weighted by Crippen LogP contribution is -2.19. The highest BCUT2D eigenvalue weighted by Gasteiger charge is 2.11. The number of nitrogens with one attached hydrogen (secondary N) is 1. The molecule has 0 aliphatic heterocycles. The van der Waals surface area contributed by atoms with Crippen LogP contribution in [0, 0.1) is 0 Å². The summed E-state index contributed by atoms with van der Waals surface area (Å²) in [4.78, 5) is 11.9. The lowest BCUT2D eigenvalue weighted by molar-refractivity contribution is 0.0952. The van der Waals surface area contributed by atoms with E-state index in [9.17, 15) is 15.0 Å². The first-order valence-corrected chi connectivity index (χ1v) is 6.47. The van der Waals surface area contributed by atoms with Gasteiger partial charge in [-0.3, -0.25) is 4.79 Å². The van der Waals surface area contributed by atoms with Crippen molar-refractivity contribution in [2.45, 2.75) is 6.92 Å². The van der Waals surface area contributed by atoms with Crippen LogP contribution in [0.15, 0.2) is 47.6 Å². The summed E-state index contributed by atoms with van der Waals surface area (Å²) in [5, 5.41) is 23.3. The van der Waals surface area contributed by atoms with Gasteiger partial charge in [0.15, 0.2) is 0 Å². The molecular weight excluding hydrogens is 292 g/mol. The molecule has 21 heavy (non-hydrogen) atoms. The molecule has 0 unspecified atom stereocenters. The Balaban J connectivity index is 2.16. The molecule has 0 radical (unpaired) electrons. The number of hydrazone groups is 1. The van der Waals surface area contributed by atoms with Gasteiger partial charge < -0.3 is 10.2 Å². The molecule has 0 atom stereocenters. The monoisotopic (exact) mass is 304 g/mol. The molecule has 3 N–H and O–H groups in total. The highest BCUT2D eigenvalue weighted by Crippen LogP contribution is 2.21. The maximum atomic E-state index is 11.9. The Hall–Kier alpha value is -2.53. The number of hydrogen-bond donors (Lipinski definition) is 3. The summed E-state index contributed by atoms with van der Waals surface area (Å²) < 4.78 is 0. The van der Waals surface area contributed by atoms with Gasteiger partial charge in [-0.15, -0.1) is 0 Å². The van der Waals surface area contributed by atoms with Gasteiger partial charge in [0, 0.05) is 10.6 Å². The number of carbonyl (C=O) groups excluding carboxylic acids is 1. The zero-order valence-electron chi connectivity index (χ0n) is 11.2. The third kappa shape index (κ3) is 3.73. The number of rotatable bonds is 3. The molecule has 0 saturated carbocycles. The van der Waals surface area contributed by atoms with Crippen molar-refractivity contribution in [3.05, 3.63) is 58.6 Å². The number of benzene rings is 2. The van der Waals surface area contributed by atoms with Crippen molar-refractivity contribution in [2.75, 3.05) is 0 Å². The molecule has 0 aromatic heterocycles. The molecule has 2 aromatic carbocycles. The molecule has 0 bridgehead atoms. The van der Waals surface area contributed by atoms with Crippen LogP contribution >= 0.6 is 11.6 Å². The van der Waals surface area contributed by atoms with Crippen molar-refractivity contribution in [3.8, 4) is 11.5 Å². The van der Waals surface area contributed by atoms with Crippen molar-refractivity contribution >= 4 is 23.2 Å². The van der Waals surface area contributed by atoms with Gasteiger partial charge in [0.2, 0.25) is 0 Å². The lowest BCUT2D eigenvalue weighted by Gasteiger charge is -2.05. The molecule has 0 aliphatic rings. The molecule has 2 rings (SSSR count). The van der Waals surface area contributed by atoms with Crippen LogP contribution in [0.25, 0.3) is 0 Å². The Kier molecular flexibility index (Phi) is 4.45. The van der Waals surface area contributed by atoms with Crippen LogP contribution in [0.5, 0.6) is 11.5 Å². The van der Waals surface area contributed by atoms with Crippen LogP contribution in [0.1, 0.15) is 22.8 Å². The average molecular weight is 305 g/mol. The number of hydrogen-bond acceptors (Lipinski definition) is 4. The third-order valence-corrected chi connectivity index (χ3v) is 3.03. The van der Waals surface area contributed by atoms with E-state index in [-0.39, 0.29) is 17.1 Å². The molecule has 0 fully saturated rings. The van der Waals surface area contributed by atoms with Gasteiger partial charge in [0.25, 0.3) is 5.91 Å². The average Bonchev–Trinajstić information content (AvgIpc) is 2.47. The summed E-state index contributed by atoms with van der Waals surface area (Å²) >= 11 is 5.78. The van der Waals surface area contributed by atoms with E-state index in [1.165, 1.54) is 24.3 Å². The number of aromatic hydroxyl groups is 2. The number of carbonyl (C=O) groups is 1. The van der Waals surface area contributed by atoms with Gasteiger partial charge in [-0.05, 0) is 37.3 Å². The van der Waals surface area contributed by atoms with E-state index in [1.54, 1.807) is 25.1 Å². The normalized spacial score (nSPS) is 11.2. The van der Waals surface area contributed by atoms with Crippen LogP contribution in [0.4, 0.5) is 0 Å². The SMILES string of the molecule is CC(=NNC(=O)c1cc(Cl)ccc1O)c1cccc(O)c1. The third-order valence-electron chi connectivity index (χ3n) is 2.79. The number of nitrogens with zero attached hydrogens (tertiary/aromatic N) is 1. The number of halogens is 1. The summed E-state index contributed by atoms with van der Waals surface area (Å²) in [5.74, 6) is -0.641. The van der Waals surface area contributed by atoms with Gasteiger partial charge >= 0.3 is 0 Å². The van der Waals surface area contributed by atoms with E-state index >= 15 is 0 Å². The Labute approximate surface area is 126 Å². The fraction of sp³-hybridized carbons (Fsp3) is 0.0667. The highest BCUT2D eigenvalue weighted by atomic mass is 35.5. The van der Waals surface area contributed by atoms with Crippen molar-refractivity contribution in [1.82, 2.24) is 5.43 Å². The topological polar surface area (TPSA) is 81.9 Å². The van der Waals surface area contributed by atoms with E-state index in [0.717, 1.165) is 0 Å². The first kappa shape index (κ1) is 14.9. The van der Waals surface area contributed by atoms with Gasteiger partial charge in [0.05, 0.1) is 11.3 Å². The second-order valence-electron chi connectivity index (χ2n) is 4.35. The number of phenolic OH excluding ortho intramolecular Hbond substituents is 2. The number of phenols is 2. The van der Waals surface area contributed by atoms with Crippen molar-refractivity contribution in [3.63, 3.8) is 0 Å². The molecule has 108 valence electrons. The molecule has 0 aliphatic carbocycles. The van der Waals surface area contributed by atoms with E-state index < -0.39 is 5.91 Å². The van der Waals surface area contributed by atoms with E-state index in [4.69, 9.17) is 11.6 Å². The quantitative estimate of drug-likeness (QED) is 0.602. The minimum Gasteiger partial charge on any atom is -0.508 e. The molecule has 6 heteroatoms. The summed E-state index contributed by atoms with van der Waals surface area (Å²) in [6, 6.07) is 10.7. The zero-order valence-corrected chi connectivity index (χ0v) is 11.9. The molecule has 0 saturated heterocycles. The highest BCUT2D eigenvalue weighted by molar-refractivity contribution is 6.31. The Morgan fingerprint density at radius 2 is 1.95 bits per heavy atom. The molecular formula is C15H13ClN2O3. The van der Waals surface area contributed by atoms with Crippen LogP contribution in [0.3, 0.4) is 0 Å². The maximum absolute atomic E-state index is 11.9. The van der Waals surface area contributed by atoms with Crippen LogP contribution in [0.2, 0.25) is 5.02 Å². The van der Waals surface area contributed by atoms with Gasteiger partial charge in [0.1, 0.15) is 11.5 Å². The van der Waals surface area contributed by atoms with Crippen molar-refractivity contribution in [1.29, 1.82) is 0 Å². The Bertz CT molecular complexity index is 714. The first-order chi connectivity index (χ1) is 9.97. The maximum Gasteiger partial charge on any atom is 0.275 e. The predicted molar refractivity (Wildman–Crippen MR) is 80.9 cm³/mol. The minimum atomic E-state index is -0.575. The number of amides is 1. The van der Waals surface area contributed by atoms with E-state index in [0.29, 0.717) is 16.3 Å². The standard InChI is InChI=1S/C15H13ClN2O3/c1-9(10-3-2-4-12(19)7-10)17-18-15(21)13-8-11(16)5-6-14(13)20/h2-8,19-20H,1H3,(H,18,21). The summed E-state index contributed by atoms with van der Waals surface area (Å²) in [5.41, 5.74) is 3.56. The first-order valence-electron chi connectivity index (χ1n) is 6.10. The molecule has 5 nitrogen and oxygen atoms in total. The Morgan fingerprint density at radius 3 is 2.67 bits per heavy atom. The molecule has 0 spiro atoms. The van der Waals surface area contributed by atoms with Crippen LogP contribution in [-0.2, 0) is 0 Å². The summed E-state index contributed by atoms with van der Waals surface area (Å²) in [6.07, 6.45) is 0. The lowest BCUT2D eigenvalue weighted by atomic mass is 10.1. The summed E-state index contributed by atoms with van der Waals surface area (Å²) in [7, 11) is 0. The van der Waals surface area contributed by atoms with Crippen LogP contribution < -0.4 is 5.43 Å². The predicted octanol–water partition coefficient (Wildman–Crippen LogP) is 2.91. The van der Waals surface area contributed by atoms with Gasteiger partial charge in [-0.25, -0.2) is 5.43 Å². The summed E-state index contributed by atoms with van der Waals surface area (Å²) in [6.45, 7) is 1.69. The molecule has 0 heterocycles. The molecule has 2 aromatic rings. The largest absolute Gasteiger partial charge is 0.508 e. The van der Waals surface area contributed by atoms with Crippen LogP contribution in [-0.4, -0.2) is 21.8 Å². The fourth-order valence-corrected chi connectivity index (χ4v) is 1.85. The zero-order chi connectivity index (χ0) is 15.4. The second kappa shape index (κ2) is 6.28. The smallest absolute Gasteiger partial charge is 0.275 e. The van der Waals surface area contributed by atoms with Crippen molar-refractivity contribution in [2.24, 2.45) is 5.10 Å². The Morgan fingerprint density at radius 1 is 1.19 bits per heavy atom.